The van der Waals surface area contributed by atoms with Gasteiger partial charge >= 0.3 is 0 Å². The SMILES string of the molecule is O=C(CCc1c[nH]c2ccccc12)N1CCc2c(nc(-c3ccc(F)cc3)[nH]c2=O)C1. The predicted octanol–water partition coefficient (Wildman–Crippen LogP) is 3.57. The Morgan fingerprint density at radius 3 is 2.77 bits per heavy atom. The summed E-state index contributed by atoms with van der Waals surface area (Å²) in [4.78, 5) is 37.8. The fourth-order valence-corrected chi connectivity index (χ4v) is 4.14. The Kier molecular flexibility index (Phi) is 4.86. The first-order chi connectivity index (χ1) is 15.1. The van der Waals surface area contributed by atoms with E-state index in [0.29, 0.717) is 55.0 Å². The van der Waals surface area contributed by atoms with Gasteiger partial charge in [-0.15, -0.1) is 0 Å². The summed E-state index contributed by atoms with van der Waals surface area (Å²) >= 11 is 0. The molecule has 2 aromatic carbocycles. The van der Waals surface area contributed by atoms with Crippen molar-refractivity contribution in [3.63, 3.8) is 0 Å². The van der Waals surface area contributed by atoms with E-state index < -0.39 is 0 Å². The molecule has 0 atom stereocenters. The number of H-pyrrole nitrogens is 2. The topological polar surface area (TPSA) is 81.8 Å². The number of para-hydroxylation sites is 1. The third-order valence-electron chi connectivity index (χ3n) is 5.83. The molecule has 0 spiro atoms. The van der Waals surface area contributed by atoms with Crippen molar-refractivity contribution in [1.82, 2.24) is 19.9 Å². The Morgan fingerprint density at radius 1 is 1.13 bits per heavy atom. The van der Waals surface area contributed by atoms with Gasteiger partial charge in [-0.2, -0.15) is 0 Å². The van der Waals surface area contributed by atoms with Crippen LogP contribution >= 0.6 is 0 Å². The standard InChI is InChI=1S/C24H21FN4O2/c25-17-8-5-15(6-9-17)23-27-21-14-29(12-11-19(21)24(31)28-23)22(30)10-7-16-13-26-20-4-2-1-3-18(16)20/h1-6,8-9,13,26H,7,10-12,14H2,(H,27,28,31). The van der Waals surface area contributed by atoms with Gasteiger partial charge in [-0.05, 0) is 48.7 Å². The van der Waals surface area contributed by atoms with Gasteiger partial charge in [-0.25, -0.2) is 9.37 Å². The van der Waals surface area contributed by atoms with E-state index in [1.54, 1.807) is 17.0 Å². The molecule has 0 saturated heterocycles. The van der Waals surface area contributed by atoms with Gasteiger partial charge in [0.15, 0.2) is 0 Å². The average molecular weight is 416 g/mol. The number of halogens is 1. The maximum absolute atomic E-state index is 13.2. The quantitative estimate of drug-likeness (QED) is 0.534. The Balaban J connectivity index is 1.33. The van der Waals surface area contributed by atoms with Crippen LogP contribution in [0.5, 0.6) is 0 Å². The maximum atomic E-state index is 13.2. The van der Waals surface area contributed by atoms with Crippen molar-refractivity contribution in [2.24, 2.45) is 0 Å². The molecule has 1 aliphatic rings. The van der Waals surface area contributed by atoms with Gasteiger partial charge in [0.25, 0.3) is 5.56 Å². The molecule has 1 amide bonds. The summed E-state index contributed by atoms with van der Waals surface area (Å²) in [5.41, 5.74) is 3.84. The van der Waals surface area contributed by atoms with E-state index >= 15 is 0 Å². The zero-order valence-corrected chi connectivity index (χ0v) is 16.8. The van der Waals surface area contributed by atoms with Gasteiger partial charge in [-0.3, -0.25) is 9.59 Å². The highest BCUT2D eigenvalue weighted by Crippen LogP contribution is 2.22. The van der Waals surface area contributed by atoms with E-state index in [0.717, 1.165) is 16.5 Å². The van der Waals surface area contributed by atoms with Crippen LogP contribution < -0.4 is 5.56 Å². The van der Waals surface area contributed by atoms with E-state index in [-0.39, 0.29) is 17.3 Å². The summed E-state index contributed by atoms with van der Waals surface area (Å²) in [5, 5.41) is 1.14. The number of fused-ring (bicyclic) bond motifs is 2. The lowest BCUT2D eigenvalue weighted by atomic mass is 10.0. The smallest absolute Gasteiger partial charge is 0.254 e. The fourth-order valence-electron chi connectivity index (χ4n) is 4.14. The Labute approximate surface area is 177 Å². The number of nitrogens with zero attached hydrogens (tertiary/aromatic N) is 2. The summed E-state index contributed by atoms with van der Waals surface area (Å²) in [6.07, 6.45) is 3.47. The van der Waals surface area contributed by atoms with Crippen LogP contribution in [0.15, 0.2) is 59.5 Å². The zero-order valence-electron chi connectivity index (χ0n) is 16.8. The van der Waals surface area contributed by atoms with Crippen molar-refractivity contribution in [3.05, 3.63) is 87.7 Å². The molecule has 0 saturated carbocycles. The molecule has 0 bridgehead atoms. The Hall–Kier alpha value is -3.74. The number of carbonyl (C=O) groups excluding carboxylic acids is 1. The minimum Gasteiger partial charge on any atom is -0.361 e. The van der Waals surface area contributed by atoms with Crippen LogP contribution in [0.1, 0.15) is 23.2 Å². The van der Waals surface area contributed by atoms with Crippen molar-refractivity contribution in [2.45, 2.75) is 25.8 Å². The van der Waals surface area contributed by atoms with Crippen LogP contribution in [0.25, 0.3) is 22.3 Å². The Morgan fingerprint density at radius 2 is 1.94 bits per heavy atom. The molecule has 2 N–H and O–H groups in total. The molecule has 4 aromatic rings. The summed E-state index contributed by atoms with van der Waals surface area (Å²) in [7, 11) is 0. The van der Waals surface area contributed by atoms with Gasteiger partial charge in [0.05, 0.1) is 12.2 Å². The van der Waals surface area contributed by atoms with Crippen LogP contribution in [0.3, 0.4) is 0 Å². The number of aryl methyl sites for hydroxylation is 1. The molecule has 156 valence electrons. The largest absolute Gasteiger partial charge is 0.361 e. The second-order valence-corrected chi connectivity index (χ2v) is 7.77. The number of nitrogens with one attached hydrogen (secondary N) is 2. The maximum Gasteiger partial charge on any atom is 0.254 e. The number of aromatic amines is 2. The minimum absolute atomic E-state index is 0.0429. The first-order valence-electron chi connectivity index (χ1n) is 10.3. The lowest BCUT2D eigenvalue weighted by Crippen LogP contribution is -2.39. The number of rotatable bonds is 4. The molecule has 2 aromatic heterocycles. The monoisotopic (exact) mass is 416 g/mol. The molecule has 0 radical (unpaired) electrons. The van der Waals surface area contributed by atoms with Crippen LogP contribution in [0.2, 0.25) is 0 Å². The molecule has 1 aliphatic heterocycles. The number of carbonyl (C=O) groups is 1. The minimum atomic E-state index is -0.351. The van der Waals surface area contributed by atoms with Gasteiger partial charge in [0.1, 0.15) is 11.6 Å². The molecular formula is C24H21FN4O2. The number of aromatic nitrogens is 3. The molecule has 0 fully saturated rings. The normalized spacial score (nSPS) is 13.4. The van der Waals surface area contributed by atoms with Crippen LogP contribution in [0, 0.1) is 5.82 Å². The number of benzene rings is 2. The van der Waals surface area contributed by atoms with Gasteiger partial charge in [-0.1, -0.05) is 18.2 Å². The molecule has 3 heterocycles. The lowest BCUT2D eigenvalue weighted by Gasteiger charge is -2.28. The molecule has 7 heteroatoms. The number of hydrogen-bond acceptors (Lipinski definition) is 3. The summed E-state index contributed by atoms with van der Waals surface area (Å²) in [6.45, 7) is 0.806. The van der Waals surface area contributed by atoms with E-state index in [2.05, 4.69) is 21.0 Å². The van der Waals surface area contributed by atoms with Gasteiger partial charge < -0.3 is 14.9 Å². The second-order valence-electron chi connectivity index (χ2n) is 7.77. The first kappa shape index (κ1) is 19.2. The highest BCUT2D eigenvalue weighted by molar-refractivity contribution is 5.84. The van der Waals surface area contributed by atoms with Crippen molar-refractivity contribution in [3.8, 4) is 11.4 Å². The van der Waals surface area contributed by atoms with Crippen LogP contribution in [0.4, 0.5) is 4.39 Å². The lowest BCUT2D eigenvalue weighted by molar-refractivity contribution is -0.132. The number of amides is 1. The summed E-state index contributed by atoms with van der Waals surface area (Å²) in [5.74, 6) is 0.0780. The first-order valence-corrected chi connectivity index (χ1v) is 10.3. The molecule has 0 unspecified atom stereocenters. The van der Waals surface area contributed by atoms with Crippen molar-refractivity contribution in [1.29, 1.82) is 0 Å². The molecule has 0 aliphatic carbocycles. The molecule has 31 heavy (non-hydrogen) atoms. The van der Waals surface area contributed by atoms with Gasteiger partial charge in [0.2, 0.25) is 5.91 Å². The third-order valence-corrected chi connectivity index (χ3v) is 5.83. The highest BCUT2D eigenvalue weighted by Gasteiger charge is 2.24. The van der Waals surface area contributed by atoms with Gasteiger partial charge in [0, 0.05) is 41.2 Å². The predicted molar refractivity (Wildman–Crippen MR) is 116 cm³/mol. The van der Waals surface area contributed by atoms with E-state index in [9.17, 15) is 14.0 Å². The average Bonchev–Trinajstić information content (AvgIpc) is 3.20. The van der Waals surface area contributed by atoms with E-state index in [1.807, 2.05) is 24.4 Å². The highest BCUT2D eigenvalue weighted by atomic mass is 19.1. The summed E-state index contributed by atoms with van der Waals surface area (Å²) < 4.78 is 13.2. The van der Waals surface area contributed by atoms with Crippen molar-refractivity contribution in [2.75, 3.05) is 6.54 Å². The van der Waals surface area contributed by atoms with Crippen molar-refractivity contribution < 1.29 is 9.18 Å². The zero-order chi connectivity index (χ0) is 21.4. The van der Waals surface area contributed by atoms with Crippen LogP contribution in [-0.4, -0.2) is 32.3 Å². The molecule has 5 rings (SSSR count). The summed E-state index contributed by atoms with van der Waals surface area (Å²) in [6, 6.07) is 13.9. The third kappa shape index (κ3) is 3.74. The number of hydrogen-bond donors (Lipinski definition) is 2. The Bertz CT molecular complexity index is 1320. The van der Waals surface area contributed by atoms with E-state index in [1.165, 1.54) is 12.1 Å². The van der Waals surface area contributed by atoms with Crippen LogP contribution in [-0.2, 0) is 24.2 Å². The second kappa shape index (κ2) is 7.83. The van der Waals surface area contributed by atoms with Crippen molar-refractivity contribution >= 4 is 16.8 Å². The molecular weight excluding hydrogens is 395 g/mol. The van der Waals surface area contributed by atoms with E-state index in [4.69, 9.17) is 0 Å². The molecule has 6 nitrogen and oxygen atoms in total. The fraction of sp³-hybridized carbons (Fsp3) is 0.208.